The molecule has 7 heteroatoms. The lowest BCUT2D eigenvalue weighted by molar-refractivity contribution is -0.0521. The fourth-order valence-electron chi connectivity index (χ4n) is 2.39. The van der Waals surface area contributed by atoms with Gasteiger partial charge in [-0.2, -0.15) is 20.5 Å². The molecule has 1 aromatic carbocycles. The Morgan fingerprint density at radius 2 is 1.90 bits per heavy atom. The Morgan fingerprint density at radius 1 is 1.30 bits per heavy atom. The van der Waals surface area contributed by atoms with Crippen LogP contribution in [0.15, 0.2) is 12.1 Å². The summed E-state index contributed by atoms with van der Waals surface area (Å²) < 4.78 is 42.3. The first kappa shape index (κ1) is 15.2. The molecule has 1 aliphatic rings. The fraction of sp³-hybridized carbons (Fsp3) is 0.538. The lowest BCUT2D eigenvalue weighted by atomic mass is 10.2. The molecule has 0 radical (unpaired) electrons. The molecule has 0 bridgehead atoms. The van der Waals surface area contributed by atoms with E-state index in [9.17, 15) is 13.2 Å². The van der Waals surface area contributed by atoms with Gasteiger partial charge in [-0.1, -0.05) is 13.8 Å². The summed E-state index contributed by atoms with van der Waals surface area (Å²) in [7, 11) is 0. The van der Waals surface area contributed by atoms with Crippen LogP contribution in [0.5, 0.6) is 5.75 Å². The zero-order valence-corrected chi connectivity index (χ0v) is 12.1. The monoisotopic (exact) mass is 306 g/mol. The number of ether oxygens (including phenoxy) is 1. The largest absolute Gasteiger partial charge is 0.432 e. The van der Waals surface area contributed by atoms with Crippen molar-refractivity contribution in [3.8, 4) is 5.75 Å². The number of anilines is 2. The Labute approximate surface area is 120 Å². The van der Waals surface area contributed by atoms with E-state index >= 15 is 0 Å². The molecule has 0 spiro atoms. The molecular formula is C13H17F3N2OS. The maximum Gasteiger partial charge on any atom is 0.387 e. The molecule has 1 heterocycles. The maximum atomic E-state index is 13.6. The van der Waals surface area contributed by atoms with E-state index in [0.29, 0.717) is 16.2 Å². The summed E-state index contributed by atoms with van der Waals surface area (Å²) in [6, 6.07) is 2.29. The molecule has 0 saturated carbocycles. The second-order valence-corrected chi connectivity index (χ2v) is 6.76. The Hall–Kier alpha value is -1.24. The van der Waals surface area contributed by atoms with Crippen LogP contribution in [0.3, 0.4) is 0 Å². The quantitative estimate of drug-likeness (QED) is 0.869. The van der Waals surface area contributed by atoms with Crippen LogP contribution in [0.2, 0.25) is 0 Å². The van der Waals surface area contributed by atoms with Gasteiger partial charge in [0.15, 0.2) is 11.6 Å². The second-order valence-electron chi connectivity index (χ2n) is 4.88. The fourth-order valence-corrected chi connectivity index (χ4v) is 3.72. The lowest BCUT2D eigenvalue weighted by Gasteiger charge is -2.37. The van der Waals surface area contributed by atoms with Crippen molar-refractivity contribution in [2.24, 2.45) is 0 Å². The van der Waals surface area contributed by atoms with E-state index in [4.69, 9.17) is 5.73 Å². The molecule has 20 heavy (non-hydrogen) atoms. The molecule has 1 saturated heterocycles. The van der Waals surface area contributed by atoms with Crippen molar-refractivity contribution in [3.63, 3.8) is 0 Å². The number of alkyl halides is 2. The molecule has 0 aromatic heterocycles. The molecule has 112 valence electrons. The number of hydrogen-bond acceptors (Lipinski definition) is 4. The number of halogens is 3. The molecule has 0 aliphatic carbocycles. The van der Waals surface area contributed by atoms with Crippen molar-refractivity contribution in [1.82, 2.24) is 0 Å². The number of thioether (sulfide) groups is 1. The van der Waals surface area contributed by atoms with Crippen LogP contribution in [0, 0.1) is 5.82 Å². The highest BCUT2D eigenvalue weighted by atomic mass is 32.2. The minimum Gasteiger partial charge on any atom is -0.432 e. The summed E-state index contributed by atoms with van der Waals surface area (Å²) in [5.74, 6) is -1.35. The molecule has 1 aliphatic heterocycles. The third-order valence-corrected chi connectivity index (χ3v) is 4.28. The van der Waals surface area contributed by atoms with Crippen molar-refractivity contribution in [2.75, 3.05) is 23.7 Å². The Kier molecular flexibility index (Phi) is 4.57. The Morgan fingerprint density at radius 3 is 2.45 bits per heavy atom. The van der Waals surface area contributed by atoms with Crippen LogP contribution in [0.25, 0.3) is 0 Å². The van der Waals surface area contributed by atoms with E-state index in [2.05, 4.69) is 18.6 Å². The van der Waals surface area contributed by atoms with E-state index in [-0.39, 0.29) is 5.69 Å². The van der Waals surface area contributed by atoms with Crippen molar-refractivity contribution in [2.45, 2.75) is 31.0 Å². The average molecular weight is 306 g/mol. The highest BCUT2D eigenvalue weighted by Gasteiger charge is 2.25. The molecule has 2 N–H and O–H groups in total. The van der Waals surface area contributed by atoms with Gasteiger partial charge in [0, 0.05) is 35.7 Å². The van der Waals surface area contributed by atoms with Crippen molar-refractivity contribution >= 4 is 23.1 Å². The van der Waals surface area contributed by atoms with Gasteiger partial charge in [-0.25, -0.2) is 4.39 Å². The predicted octanol–water partition coefficient (Wildman–Crippen LogP) is 3.34. The van der Waals surface area contributed by atoms with Crippen LogP contribution in [-0.4, -0.2) is 30.2 Å². The van der Waals surface area contributed by atoms with Gasteiger partial charge in [-0.05, 0) is 0 Å². The minimum atomic E-state index is -3.06. The van der Waals surface area contributed by atoms with Crippen LogP contribution in [0.1, 0.15) is 13.8 Å². The number of nitrogens with zero attached hydrogens (tertiary/aromatic N) is 1. The summed E-state index contributed by atoms with van der Waals surface area (Å²) in [6.07, 6.45) is 0. The highest BCUT2D eigenvalue weighted by molar-refractivity contribution is 8.00. The van der Waals surface area contributed by atoms with Crippen molar-refractivity contribution < 1.29 is 17.9 Å². The predicted molar refractivity (Wildman–Crippen MR) is 76.2 cm³/mol. The molecule has 0 amide bonds. The number of nitrogens with two attached hydrogens (primary N) is 1. The van der Waals surface area contributed by atoms with E-state index in [1.807, 2.05) is 16.7 Å². The Bertz CT molecular complexity index is 477. The molecular weight excluding hydrogens is 289 g/mol. The van der Waals surface area contributed by atoms with Gasteiger partial charge in [0.05, 0.1) is 11.4 Å². The van der Waals surface area contributed by atoms with Crippen LogP contribution in [0.4, 0.5) is 24.5 Å². The molecule has 2 rings (SSSR count). The zero-order valence-electron chi connectivity index (χ0n) is 11.3. The normalized spacial score (nSPS) is 23.2. The maximum absolute atomic E-state index is 13.6. The summed E-state index contributed by atoms with van der Waals surface area (Å²) >= 11 is 1.86. The molecule has 2 atom stereocenters. The molecule has 2 unspecified atom stereocenters. The molecule has 1 fully saturated rings. The first-order chi connectivity index (χ1) is 9.36. The standard InChI is InChI=1S/C13H17F3N2OS/c1-7-5-18(6-8(2)20-7)11-4-12(19-13(15)16)9(14)3-10(11)17/h3-4,7-8,13H,5-6,17H2,1-2H3. The minimum absolute atomic E-state index is 0.232. The van der Waals surface area contributed by atoms with Gasteiger partial charge in [0.2, 0.25) is 0 Å². The first-order valence-electron chi connectivity index (χ1n) is 6.31. The Balaban J connectivity index is 2.30. The van der Waals surface area contributed by atoms with Crippen LogP contribution in [-0.2, 0) is 0 Å². The van der Waals surface area contributed by atoms with E-state index in [0.717, 1.165) is 19.2 Å². The third kappa shape index (κ3) is 3.45. The van der Waals surface area contributed by atoms with Gasteiger partial charge in [-0.3, -0.25) is 0 Å². The second kappa shape index (κ2) is 6.03. The third-order valence-electron chi connectivity index (χ3n) is 3.06. The number of rotatable bonds is 3. The molecule has 1 aromatic rings. The van der Waals surface area contributed by atoms with Crippen molar-refractivity contribution in [3.05, 3.63) is 17.9 Å². The summed E-state index contributed by atoms with van der Waals surface area (Å²) in [6.45, 7) is 2.58. The highest BCUT2D eigenvalue weighted by Crippen LogP contribution is 2.35. The van der Waals surface area contributed by atoms with E-state index < -0.39 is 18.2 Å². The van der Waals surface area contributed by atoms with Gasteiger partial charge < -0.3 is 15.4 Å². The van der Waals surface area contributed by atoms with Crippen LogP contribution >= 0.6 is 11.8 Å². The van der Waals surface area contributed by atoms with Gasteiger partial charge in [-0.15, -0.1) is 0 Å². The average Bonchev–Trinajstić information content (AvgIpc) is 2.30. The number of nitrogen functional groups attached to an aromatic ring is 1. The van der Waals surface area contributed by atoms with Gasteiger partial charge in [0.1, 0.15) is 0 Å². The first-order valence-corrected chi connectivity index (χ1v) is 7.25. The van der Waals surface area contributed by atoms with Gasteiger partial charge in [0.25, 0.3) is 0 Å². The lowest BCUT2D eigenvalue weighted by Crippen LogP contribution is -2.40. The summed E-state index contributed by atoms with van der Waals surface area (Å²) in [4.78, 5) is 1.99. The van der Waals surface area contributed by atoms with E-state index in [1.54, 1.807) is 0 Å². The van der Waals surface area contributed by atoms with E-state index in [1.165, 1.54) is 6.07 Å². The smallest absolute Gasteiger partial charge is 0.387 e. The summed E-state index contributed by atoms with van der Waals surface area (Å²) in [5.41, 5.74) is 6.59. The molecule has 3 nitrogen and oxygen atoms in total. The SMILES string of the molecule is CC1CN(c2cc(OC(F)F)c(F)cc2N)CC(C)S1. The van der Waals surface area contributed by atoms with Crippen LogP contribution < -0.4 is 15.4 Å². The number of benzene rings is 1. The van der Waals surface area contributed by atoms with Gasteiger partial charge >= 0.3 is 6.61 Å². The van der Waals surface area contributed by atoms with Crippen molar-refractivity contribution in [1.29, 1.82) is 0 Å². The zero-order chi connectivity index (χ0) is 14.9. The summed E-state index contributed by atoms with van der Waals surface area (Å²) in [5, 5.41) is 0.783. The topological polar surface area (TPSA) is 38.5 Å². The number of hydrogen-bond donors (Lipinski definition) is 1.